The Labute approximate surface area is 226 Å². The first kappa shape index (κ1) is 26.5. The van der Waals surface area contributed by atoms with Gasteiger partial charge in [0.15, 0.2) is 0 Å². The van der Waals surface area contributed by atoms with Crippen molar-refractivity contribution in [3.05, 3.63) is 47.2 Å². The largest absolute Gasteiger partial charge is 0.444 e. The van der Waals surface area contributed by atoms with Crippen molar-refractivity contribution in [3.63, 3.8) is 0 Å². The standard InChI is InChI=1S/C28H34N6O5/c1-15(2)34-25(31-26(37)38-27(3,4)5)22(24(29)36)23(32-34)17-8-6-16(7-9-17)12-20(35)30-21-13-19(33-39-21)18-14-28(18)10-11-28/h6-9,13,15,18H,10-12,14H2,1-5H3,(H2,29,36)(H,30,35)(H,31,37). The van der Waals surface area contributed by atoms with Crippen molar-refractivity contribution in [1.82, 2.24) is 14.9 Å². The number of ether oxygens (including phenoxy) is 1. The Balaban J connectivity index is 1.30. The lowest BCUT2D eigenvalue weighted by molar-refractivity contribution is -0.115. The number of nitrogens with one attached hydrogen (secondary N) is 2. The lowest BCUT2D eigenvalue weighted by Gasteiger charge is -2.20. The summed E-state index contributed by atoms with van der Waals surface area (Å²) in [6.45, 7) is 8.97. The number of primary amides is 1. The van der Waals surface area contributed by atoms with Crippen LogP contribution in [0.1, 0.15) is 87.5 Å². The molecular weight excluding hydrogens is 500 g/mol. The van der Waals surface area contributed by atoms with E-state index in [1.54, 1.807) is 45.0 Å². The van der Waals surface area contributed by atoms with Crippen molar-refractivity contribution < 1.29 is 23.6 Å². The van der Waals surface area contributed by atoms with E-state index < -0.39 is 17.6 Å². The monoisotopic (exact) mass is 534 g/mol. The molecule has 3 aromatic rings. The number of carbonyl (C=O) groups is 3. The summed E-state index contributed by atoms with van der Waals surface area (Å²) in [5.41, 5.74) is 8.14. The zero-order valence-electron chi connectivity index (χ0n) is 22.8. The van der Waals surface area contributed by atoms with Gasteiger partial charge in [0, 0.05) is 23.6 Å². The Kier molecular flexibility index (Phi) is 6.48. The Hall–Kier alpha value is -4.15. The van der Waals surface area contributed by atoms with Crippen LogP contribution in [0.2, 0.25) is 0 Å². The SMILES string of the molecule is CC(C)n1nc(-c2ccc(CC(=O)Nc3cc(C4CC45CC5)no3)cc2)c(C(N)=O)c1NC(=O)OC(C)(C)C. The van der Waals surface area contributed by atoms with Crippen LogP contribution in [-0.4, -0.2) is 38.4 Å². The molecule has 0 bridgehead atoms. The molecular formula is C28H34N6O5. The van der Waals surface area contributed by atoms with E-state index in [9.17, 15) is 14.4 Å². The highest BCUT2D eigenvalue weighted by atomic mass is 16.6. The van der Waals surface area contributed by atoms with Crippen molar-refractivity contribution in [2.45, 2.75) is 77.9 Å². The predicted molar refractivity (Wildman–Crippen MR) is 144 cm³/mol. The Morgan fingerprint density at radius 1 is 1.18 bits per heavy atom. The number of nitrogens with two attached hydrogens (primary N) is 1. The van der Waals surface area contributed by atoms with E-state index in [0.29, 0.717) is 28.5 Å². The normalized spacial score (nSPS) is 17.2. The minimum Gasteiger partial charge on any atom is -0.444 e. The van der Waals surface area contributed by atoms with E-state index >= 15 is 0 Å². The second-order valence-corrected chi connectivity index (χ2v) is 11.8. The van der Waals surface area contributed by atoms with Crippen LogP contribution in [0.15, 0.2) is 34.9 Å². The maximum absolute atomic E-state index is 12.6. The van der Waals surface area contributed by atoms with Crippen molar-refractivity contribution in [3.8, 4) is 11.3 Å². The number of hydrogen-bond acceptors (Lipinski definition) is 7. The summed E-state index contributed by atoms with van der Waals surface area (Å²) in [6, 6.07) is 8.71. The van der Waals surface area contributed by atoms with Crippen LogP contribution in [0.4, 0.5) is 16.5 Å². The number of carbonyl (C=O) groups excluding carboxylic acids is 3. The molecule has 2 aliphatic carbocycles. The van der Waals surface area contributed by atoms with Crippen molar-refractivity contribution in [2.24, 2.45) is 11.1 Å². The van der Waals surface area contributed by atoms with E-state index in [-0.39, 0.29) is 29.8 Å². The molecule has 2 saturated carbocycles. The van der Waals surface area contributed by atoms with Crippen LogP contribution in [-0.2, 0) is 16.0 Å². The van der Waals surface area contributed by atoms with E-state index in [4.69, 9.17) is 15.0 Å². The maximum atomic E-state index is 12.6. The van der Waals surface area contributed by atoms with Gasteiger partial charge in [0.1, 0.15) is 22.7 Å². The lowest BCUT2D eigenvalue weighted by Crippen LogP contribution is -2.29. The van der Waals surface area contributed by atoms with Gasteiger partial charge in [-0.3, -0.25) is 20.2 Å². The first-order valence-electron chi connectivity index (χ1n) is 13.1. The maximum Gasteiger partial charge on any atom is 0.413 e. The van der Waals surface area contributed by atoms with Gasteiger partial charge >= 0.3 is 6.09 Å². The predicted octanol–water partition coefficient (Wildman–Crippen LogP) is 5.01. The highest BCUT2D eigenvalue weighted by Crippen LogP contribution is 2.74. The third-order valence-electron chi connectivity index (χ3n) is 7.09. The van der Waals surface area contributed by atoms with Crippen LogP contribution in [0.25, 0.3) is 11.3 Å². The molecule has 206 valence electrons. The van der Waals surface area contributed by atoms with Gasteiger partial charge in [0.25, 0.3) is 5.91 Å². The van der Waals surface area contributed by atoms with E-state index in [0.717, 1.165) is 17.7 Å². The van der Waals surface area contributed by atoms with Crippen LogP contribution in [0.3, 0.4) is 0 Å². The van der Waals surface area contributed by atoms with Gasteiger partial charge in [-0.1, -0.05) is 29.4 Å². The number of aromatic nitrogens is 3. The topological polar surface area (TPSA) is 154 Å². The molecule has 1 spiro atoms. The molecule has 2 fully saturated rings. The van der Waals surface area contributed by atoms with Gasteiger partial charge < -0.3 is 15.0 Å². The van der Waals surface area contributed by atoms with E-state index in [2.05, 4.69) is 20.9 Å². The second-order valence-electron chi connectivity index (χ2n) is 11.8. The molecule has 39 heavy (non-hydrogen) atoms. The fourth-order valence-electron chi connectivity index (χ4n) is 4.90. The molecule has 0 saturated heterocycles. The Morgan fingerprint density at radius 2 is 1.87 bits per heavy atom. The van der Waals surface area contributed by atoms with Crippen LogP contribution < -0.4 is 16.4 Å². The molecule has 2 heterocycles. The van der Waals surface area contributed by atoms with Crippen molar-refractivity contribution in [2.75, 3.05) is 10.6 Å². The third-order valence-corrected chi connectivity index (χ3v) is 7.09. The number of benzene rings is 1. The molecule has 11 heteroatoms. The summed E-state index contributed by atoms with van der Waals surface area (Å²) in [6.07, 6.45) is 3.07. The number of rotatable bonds is 8. The van der Waals surface area contributed by atoms with Crippen molar-refractivity contribution in [1.29, 1.82) is 0 Å². The highest BCUT2D eigenvalue weighted by Gasteiger charge is 2.64. The fourth-order valence-corrected chi connectivity index (χ4v) is 4.90. The van der Waals surface area contributed by atoms with Crippen LogP contribution in [0, 0.1) is 5.41 Å². The van der Waals surface area contributed by atoms with Gasteiger partial charge in [0.05, 0.1) is 12.1 Å². The molecule has 4 N–H and O–H groups in total. The summed E-state index contributed by atoms with van der Waals surface area (Å²) >= 11 is 0. The fraction of sp³-hybridized carbons (Fsp3) is 0.464. The summed E-state index contributed by atoms with van der Waals surface area (Å²) in [4.78, 5) is 37.6. The van der Waals surface area contributed by atoms with Gasteiger partial charge in [-0.05, 0) is 64.9 Å². The summed E-state index contributed by atoms with van der Waals surface area (Å²) in [5, 5.41) is 14.1. The average molecular weight is 535 g/mol. The molecule has 2 aromatic heterocycles. The smallest absolute Gasteiger partial charge is 0.413 e. The number of amides is 3. The van der Waals surface area contributed by atoms with Crippen LogP contribution >= 0.6 is 0 Å². The molecule has 1 aromatic carbocycles. The van der Waals surface area contributed by atoms with Crippen molar-refractivity contribution >= 4 is 29.6 Å². The number of anilines is 2. The molecule has 0 radical (unpaired) electrons. The van der Waals surface area contributed by atoms with Gasteiger partial charge in [-0.15, -0.1) is 0 Å². The van der Waals surface area contributed by atoms with Gasteiger partial charge in [-0.2, -0.15) is 5.10 Å². The average Bonchev–Trinajstić information content (AvgIpc) is 3.65. The first-order chi connectivity index (χ1) is 18.3. The number of hydrogen-bond donors (Lipinski definition) is 3. The molecule has 1 unspecified atom stereocenters. The molecule has 3 amide bonds. The van der Waals surface area contributed by atoms with Crippen LogP contribution in [0.5, 0.6) is 0 Å². The molecule has 1 atom stereocenters. The summed E-state index contributed by atoms with van der Waals surface area (Å²) in [5.74, 6) is 0.00800. The summed E-state index contributed by atoms with van der Waals surface area (Å²) < 4.78 is 12.2. The van der Waals surface area contributed by atoms with Gasteiger partial charge in [0.2, 0.25) is 11.8 Å². The zero-order valence-corrected chi connectivity index (χ0v) is 22.8. The minimum absolute atomic E-state index is 0.0739. The first-order valence-corrected chi connectivity index (χ1v) is 13.1. The third kappa shape index (κ3) is 5.67. The molecule has 0 aliphatic heterocycles. The second kappa shape index (κ2) is 9.55. The molecule has 5 rings (SSSR count). The summed E-state index contributed by atoms with van der Waals surface area (Å²) in [7, 11) is 0. The molecule has 2 aliphatic rings. The quantitative estimate of drug-likeness (QED) is 0.367. The lowest BCUT2D eigenvalue weighted by atomic mass is 10.0. The van der Waals surface area contributed by atoms with Gasteiger partial charge in [-0.25, -0.2) is 9.48 Å². The molecule has 11 nitrogen and oxygen atoms in total. The van der Waals surface area contributed by atoms with E-state index in [1.165, 1.54) is 17.5 Å². The zero-order chi connectivity index (χ0) is 28.1. The number of nitrogens with zero attached hydrogens (tertiary/aromatic N) is 3. The minimum atomic E-state index is -0.739. The Morgan fingerprint density at radius 3 is 2.44 bits per heavy atom. The van der Waals surface area contributed by atoms with E-state index in [1.807, 2.05) is 19.9 Å². The highest BCUT2D eigenvalue weighted by molar-refractivity contribution is 6.06. The Bertz CT molecular complexity index is 1430.